The molecule has 2 aliphatic heterocycles. The Balaban J connectivity index is 1.24. The van der Waals surface area contributed by atoms with Gasteiger partial charge in [0.05, 0.1) is 39.1 Å². The molecule has 14 nitrogen and oxygen atoms in total. The lowest BCUT2D eigenvalue weighted by molar-refractivity contribution is -0.147. The Bertz CT molecular complexity index is 2440. The van der Waals surface area contributed by atoms with Gasteiger partial charge in [-0.15, -0.1) is 16.4 Å². The Hall–Kier alpha value is -5.28. The van der Waals surface area contributed by atoms with Gasteiger partial charge in [0.2, 0.25) is 11.7 Å². The van der Waals surface area contributed by atoms with E-state index in [2.05, 4.69) is 25.4 Å². The van der Waals surface area contributed by atoms with Crippen LogP contribution in [0.15, 0.2) is 35.4 Å². The second-order valence-corrected chi connectivity index (χ2v) is 15.0. The third-order valence-electron chi connectivity index (χ3n) is 9.71. The van der Waals surface area contributed by atoms with E-state index >= 15 is 0 Å². The number of nitrogens with one attached hydrogen (secondary N) is 1. The molecule has 5 aromatic rings. The highest BCUT2D eigenvalue weighted by atomic mass is 35.5. The first-order chi connectivity index (χ1) is 26.9. The van der Waals surface area contributed by atoms with Crippen LogP contribution in [0.1, 0.15) is 44.8 Å². The molecule has 0 saturated carbocycles. The van der Waals surface area contributed by atoms with Crippen LogP contribution < -0.4 is 15.8 Å². The molecule has 0 unspecified atom stereocenters. The molecule has 6 heterocycles. The summed E-state index contributed by atoms with van der Waals surface area (Å²) < 4.78 is 81.8. The number of piperazine rings is 1. The molecule has 1 saturated heterocycles. The SMILES string of the molecule is CCc1c(N2CCN(C(=O)c3ncnc(C)c3O)CC2)c(=O)n2nc(-c3cc4c(s3)CN(CC(F)(F)F)CC4)nc2n1CC(=O)Nc1ccc(C(F)(F)F)cc1Cl. The average molecular weight is 839 g/mol. The predicted octanol–water partition coefficient (Wildman–Crippen LogP) is 5.18. The number of thiophene rings is 1. The number of hydrogen-bond acceptors (Lipinski definition) is 11. The van der Waals surface area contributed by atoms with E-state index in [-0.39, 0.29) is 90.8 Å². The van der Waals surface area contributed by atoms with Gasteiger partial charge in [-0.05, 0) is 49.6 Å². The van der Waals surface area contributed by atoms with Crippen molar-refractivity contribution in [1.29, 1.82) is 0 Å². The van der Waals surface area contributed by atoms with E-state index in [1.165, 1.54) is 39.0 Å². The Labute approximate surface area is 328 Å². The van der Waals surface area contributed by atoms with Crippen LogP contribution in [0, 0.1) is 6.92 Å². The maximum absolute atomic E-state index is 14.4. The first-order valence-corrected chi connectivity index (χ1v) is 18.8. The van der Waals surface area contributed by atoms with Crippen LogP contribution in [0.3, 0.4) is 0 Å². The van der Waals surface area contributed by atoms with Crippen molar-refractivity contribution < 1.29 is 41.0 Å². The van der Waals surface area contributed by atoms with E-state index in [0.717, 1.165) is 22.2 Å². The van der Waals surface area contributed by atoms with Crippen LogP contribution in [0.4, 0.5) is 37.7 Å². The molecule has 2 aliphatic rings. The number of aromatic hydroxyl groups is 1. The summed E-state index contributed by atoms with van der Waals surface area (Å²) in [6.45, 7) is 2.60. The van der Waals surface area contributed by atoms with Crippen LogP contribution in [0.25, 0.3) is 16.5 Å². The molecule has 1 aromatic carbocycles. The van der Waals surface area contributed by atoms with Gasteiger partial charge in [-0.2, -0.15) is 35.8 Å². The first-order valence-electron chi connectivity index (χ1n) is 17.6. The van der Waals surface area contributed by atoms with Crippen molar-refractivity contribution in [3.8, 4) is 16.5 Å². The summed E-state index contributed by atoms with van der Waals surface area (Å²) in [5.41, 5.74) is -0.215. The smallest absolute Gasteiger partial charge is 0.416 e. The summed E-state index contributed by atoms with van der Waals surface area (Å²) in [6, 6.07) is 4.28. The fourth-order valence-corrected chi connectivity index (χ4v) is 8.35. The summed E-state index contributed by atoms with van der Waals surface area (Å²) in [6.07, 6.45) is -7.28. The van der Waals surface area contributed by atoms with Gasteiger partial charge < -0.3 is 24.8 Å². The third kappa shape index (κ3) is 8.13. The van der Waals surface area contributed by atoms with Crippen LogP contribution >= 0.6 is 22.9 Å². The summed E-state index contributed by atoms with van der Waals surface area (Å²) in [5.74, 6) is -1.50. The Kier molecular flexibility index (Phi) is 10.7. The van der Waals surface area contributed by atoms with Crippen molar-refractivity contribution in [3.63, 3.8) is 0 Å². The number of amides is 2. The molecule has 2 amide bonds. The van der Waals surface area contributed by atoms with Gasteiger partial charge in [-0.3, -0.25) is 19.3 Å². The normalized spacial score (nSPS) is 15.3. The number of aryl methyl sites for hydroxylation is 1. The van der Waals surface area contributed by atoms with Gasteiger partial charge in [0.15, 0.2) is 17.3 Å². The van der Waals surface area contributed by atoms with Gasteiger partial charge >= 0.3 is 12.4 Å². The maximum atomic E-state index is 14.4. The highest BCUT2D eigenvalue weighted by molar-refractivity contribution is 7.15. The number of rotatable bonds is 8. The third-order valence-corrected chi connectivity index (χ3v) is 11.2. The zero-order valence-corrected chi connectivity index (χ0v) is 31.8. The largest absolute Gasteiger partial charge is 0.504 e. The minimum Gasteiger partial charge on any atom is -0.504 e. The summed E-state index contributed by atoms with van der Waals surface area (Å²) in [4.78, 5) is 59.5. The molecular formula is C35H33ClF6N10O4S. The second-order valence-electron chi connectivity index (χ2n) is 13.5. The zero-order chi connectivity index (χ0) is 41.0. The minimum atomic E-state index is -4.66. The Morgan fingerprint density at radius 1 is 1.04 bits per heavy atom. The van der Waals surface area contributed by atoms with Crippen LogP contribution in [0.2, 0.25) is 5.02 Å². The molecule has 7 rings (SSSR count). The molecule has 4 aromatic heterocycles. The lowest BCUT2D eigenvalue weighted by Crippen LogP contribution is -2.51. The number of alkyl halides is 6. The summed E-state index contributed by atoms with van der Waals surface area (Å²) in [5, 5.41) is 17.1. The standard InChI is InChI=1S/C35H33ClF6N10O4S/c1-3-23-28(49-8-10-50(11-9-49)31(55)27-29(54)18(2)43-17-44-27)32(56)52-33(51(23)15-26(53)45-22-5-4-20(13-21(22)36)35(40,41)42)46-30(47-52)24-12-19-6-7-48(14-25(19)57-24)16-34(37,38)39/h4-5,12-13,17,54H,3,6-11,14-16H2,1-2H3,(H,45,53). The number of hydrogen-bond donors (Lipinski definition) is 2. The van der Waals surface area contributed by atoms with E-state index in [1.807, 2.05) is 0 Å². The van der Waals surface area contributed by atoms with E-state index < -0.39 is 48.4 Å². The fourth-order valence-electron chi connectivity index (χ4n) is 6.94. The van der Waals surface area contributed by atoms with Crippen molar-refractivity contribution in [2.75, 3.05) is 49.5 Å². The number of carbonyl (C=O) groups excluding carboxylic acids is 2. The van der Waals surface area contributed by atoms with Crippen molar-refractivity contribution in [3.05, 3.63) is 79.1 Å². The zero-order valence-electron chi connectivity index (χ0n) is 30.2. The van der Waals surface area contributed by atoms with E-state index in [1.54, 1.807) is 17.9 Å². The Morgan fingerprint density at radius 3 is 2.44 bits per heavy atom. The lowest BCUT2D eigenvalue weighted by Gasteiger charge is -2.36. The fraction of sp³-hybridized carbons (Fsp3) is 0.400. The molecule has 0 radical (unpaired) electrons. The van der Waals surface area contributed by atoms with Crippen molar-refractivity contribution in [2.24, 2.45) is 0 Å². The second kappa shape index (κ2) is 15.2. The quantitative estimate of drug-likeness (QED) is 0.200. The van der Waals surface area contributed by atoms with Gasteiger partial charge in [0.1, 0.15) is 18.6 Å². The number of benzene rings is 1. The monoisotopic (exact) mass is 838 g/mol. The van der Waals surface area contributed by atoms with E-state index in [0.29, 0.717) is 27.9 Å². The molecule has 22 heteroatoms. The van der Waals surface area contributed by atoms with Gasteiger partial charge in [0, 0.05) is 44.1 Å². The molecule has 2 N–H and O–H groups in total. The number of nitrogens with zero attached hydrogens (tertiary/aromatic N) is 9. The molecule has 0 aliphatic carbocycles. The molecule has 0 atom stereocenters. The number of aromatic nitrogens is 6. The maximum Gasteiger partial charge on any atom is 0.416 e. The van der Waals surface area contributed by atoms with E-state index in [9.17, 15) is 45.8 Å². The van der Waals surface area contributed by atoms with Crippen molar-refractivity contribution in [1.82, 2.24) is 38.9 Å². The average Bonchev–Trinajstić information content (AvgIpc) is 3.79. The Morgan fingerprint density at radius 2 is 1.77 bits per heavy atom. The van der Waals surface area contributed by atoms with Crippen molar-refractivity contribution in [2.45, 2.75) is 52.1 Å². The van der Waals surface area contributed by atoms with Crippen molar-refractivity contribution >= 4 is 51.9 Å². The minimum absolute atomic E-state index is 0.0299. The number of carbonyl (C=O) groups is 2. The summed E-state index contributed by atoms with van der Waals surface area (Å²) >= 11 is 7.33. The molecule has 57 heavy (non-hydrogen) atoms. The van der Waals surface area contributed by atoms with Crippen LogP contribution in [-0.2, 0) is 36.9 Å². The lowest BCUT2D eigenvalue weighted by atomic mass is 10.1. The summed E-state index contributed by atoms with van der Waals surface area (Å²) in [7, 11) is 0. The molecule has 0 spiro atoms. The number of halogens is 7. The van der Waals surface area contributed by atoms with Crippen LogP contribution in [0.5, 0.6) is 5.75 Å². The highest BCUT2D eigenvalue weighted by Gasteiger charge is 2.35. The first kappa shape index (κ1) is 39.9. The van der Waals surface area contributed by atoms with Gasteiger partial charge in [-0.25, -0.2) is 9.97 Å². The predicted molar refractivity (Wildman–Crippen MR) is 197 cm³/mol. The molecule has 1 fully saturated rings. The van der Waals surface area contributed by atoms with E-state index in [4.69, 9.17) is 11.6 Å². The number of fused-ring (bicyclic) bond motifs is 2. The molecule has 302 valence electrons. The van der Waals surface area contributed by atoms with Gasteiger partial charge in [0.25, 0.3) is 11.5 Å². The molecule has 0 bridgehead atoms. The number of anilines is 2. The van der Waals surface area contributed by atoms with Crippen LogP contribution in [-0.4, -0.2) is 101 Å². The molecular weight excluding hydrogens is 806 g/mol. The van der Waals surface area contributed by atoms with Gasteiger partial charge in [-0.1, -0.05) is 18.5 Å². The topological polar surface area (TPSA) is 154 Å². The highest BCUT2D eigenvalue weighted by Crippen LogP contribution is 2.36.